The molecule has 2 heterocycles. The molecule has 0 aliphatic carbocycles. The number of rotatable bonds is 7. The first kappa shape index (κ1) is 18.8. The molecule has 0 radical (unpaired) electrons. The Labute approximate surface area is 153 Å². The Balaban J connectivity index is 2.17. The lowest BCUT2D eigenvalue weighted by atomic mass is 9.96. The number of para-hydroxylation sites is 1. The fourth-order valence-electron chi connectivity index (χ4n) is 3.30. The number of aromatic nitrogens is 3. The summed E-state index contributed by atoms with van der Waals surface area (Å²) in [6.45, 7) is 7.08. The molecule has 26 heavy (non-hydrogen) atoms. The zero-order valence-corrected chi connectivity index (χ0v) is 16.1. The lowest BCUT2D eigenvalue weighted by Gasteiger charge is -2.25. The van der Waals surface area contributed by atoms with E-state index < -0.39 is 15.4 Å². The Kier molecular flexibility index (Phi) is 5.01. The average molecular weight is 376 g/mol. The maximum Gasteiger partial charge on any atom is 0.209 e. The van der Waals surface area contributed by atoms with Crippen LogP contribution in [-0.4, -0.2) is 35.3 Å². The van der Waals surface area contributed by atoms with Crippen LogP contribution in [0.3, 0.4) is 0 Å². The van der Waals surface area contributed by atoms with Gasteiger partial charge < -0.3 is 9.30 Å². The molecule has 0 saturated carbocycles. The molecule has 1 aromatic carbocycles. The van der Waals surface area contributed by atoms with Gasteiger partial charge in [0.1, 0.15) is 17.9 Å². The largest absolute Gasteiger partial charge is 0.374 e. The lowest BCUT2D eigenvalue weighted by Crippen LogP contribution is -2.33. The van der Waals surface area contributed by atoms with E-state index in [0.717, 1.165) is 27.8 Å². The second-order valence-electron chi connectivity index (χ2n) is 7.23. The first-order valence-corrected chi connectivity index (χ1v) is 10.2. The number of fused-ring (bicyclic) bond motifs is 3. The number of nitrogens with two attached hydrogens (primary N) is 1. The van der Waals surface area contributed by atoms with Crippen molar-refractivity contribution in [3.05, 3.63) is 36.3 Å². The number of hydrogen-bond acceptors (Lipinski definition) is 5. The predicted molar refractivity (Wildman–Crippen MR) is 102 cm³/mol. The summed E-state index contributed by atoms with van der Waals surface area (Å²) in [4.78, 5) is 9.14. The van der Waals surface area contributed by atoms with Gasteiger partial charge in [0.2, 0.25) is 10.0 Å². The normalized spacial score (nSPS) is 12.9. The Bertz CT molecular complexity index is 1040. The van der Waals surface area contributed by atoms with Crippen LogP contribution >= 0.6 is 0 Å². The van der Waals surface area contributed by atoms with E-state index >= 15 is 0 Å². The van der Waals surface area contributed by atoms with Crippen molar-refractivity contribution in [3.63, 3.8) is 0 Å². The number of ether oxygens (including phenoxy) is 1. The SMILES string of the molecule is CCOCc1nc2cnc3ccccc3c2n1CC(C)(C)CS(N)(=O)=O. The summed E-state index contributed by atoms with van der Waals surface area (Å²) in [6, 6.07) is 7.84. The maximum atomic E-state index is 11.6. The van der Waals surface area contributed by atoms with Gasteiger partial charge in [0, 0.05) is 18.5 Å². The van der Waals surface area contributed by atoms with E-state index in [1.54, 1.807) is 6.20 Å². The van der Waals surface area contributed by atoms with Crippen molar-refractivity contribution in [1.82, 2.24) is 14.5 Å². The number of nitrogens with zero attached hydrogens (tertiary/aromatic N) is 3. The summed E-state index contributed by atoms with van der Waals surface area (Å²) in [5.41, 5.74) is 2.01. The monoisotopic (exact) mass is 376 g/mol. The minimum Gasteiger partial charge on any atom is -0.374 e. The second-order valence-corrected chi connectivity index (χ2v) is 8.85. The van der Waals surface area contributed by atoms with Crippen LogP contribution in [0.2, 0.25) is 0 Å². The van der Waals surface area contributed by atoms with Crippen LogP contribution in [0.4, 0.5) is 0 Å². The highest BCUT2D eigenvalue weighted by Crippen LogP contribution is 2.29. The lowest BCUT2D eigenvalue weighted by molar-refractivity contribution is 0.124. The summed E-state index contributed by atoms with van der Waals surface area (Å²) in [5.74, 6) is 0.638. The van der Waals surface area contributed by atoms with E-state index in [4.69, 9.17) is 9.88 Å². The van der Waals surface area contributed by atoms with Crippen LogP contribution in [0.1, 0.15) is 26.6 Å². The van der Waals surface area contributed by atoms with Crippen molar-refractivity contribution in [1.29, 1.82) is 0 Å². The highest BCUT2D eigenvalue weighted by atomic mass is 32.2. The van der Waals surface area contributed by atoms with Crippen molar-refractivity contribution < 1.29 is 13.2 Å². The molecule has 3 aromatic rings. The molecule has 7 nitrogen and oxygen atoms in total. The fourth-order valence-corrected chi connectivity index (χ4v) is 4.48. The number of sulfonamides is 1. The number of imidazole rings is 1. The number of benzene rings is 1. The molecule has 0 aliphatic heterocycles. The van der Waals surface area contributed by atoms with Crippen molar-refractivity contribution in [2.45, 2.75) is 33.9 Å². The summed E-state index contributed by atoms with van der Waals surface area (Å²) >= 11 is 0. The standard InChI is InChI=1S/C18H24N4O3S/c1-4-25-10-16-21-15-9-20-14-8-6-5-7-13(14)17(15)22(16)11-18(2,3)12-26(19,23)24/h5-9H,4,10-12H2,1-3H3,(H2,19,23,24). The van der Waals surface area contributed by atoms with Gasteiger partial charge in [0.25, 0.3) is 0 Å². The first-order chi connectivity index (χ1) is 12.2. The maximum absolute atomic E-state index is 11.6. The van der Waals surface area contributed by atoms with Crippen LogP contribution in [0.5, 0.6) is 0 Å². The van der Waals surface area contributed by atoms with E-state index in [2.05, 4.69) is 9.97 Å². The molecule has 3 rings (SSSR count). The quantitative estimate of drug-likeness (QED) is 0.682. The minimum absolute atomic E-state index is 0.114. The molecule has 2 aromatic heterocycles. The Morgan fingerprint density at radius 2 is 1.96 bits per heavy atom. The predicted octanol–water partition coefficient (Wildman–Crippen LogP) is 2.44. The molecule has 0 aliphatic rings. The van der Waals surface area contributed by atoms with Gasteiger partial charge in [-0.05, 0) is 18.4 Å². The second kappa shape index (κ2) is 6.94. The fraction of sp³-hybridized carbons (Fsp3) is 0.444. The number of primary sulfonamides is 1. The summed E-state index contributed by atoms with van der Waals surface area (Å²) in [7, 11) is -3.59. The summed E-state index contributed by atoms with van der Waals surface area (Å²) in [6.07, 6.45) is 1.75. The van der Waals surface area contributed by atoms with Crippen LogP contribution in [0.15, 0.2) is 30.5 Å². The first-order valence-electron chi connectivity index (χ1n) is 8.51. The van der Waals surface area contributed by atoms with Crippen LogP contribution in [0, 0.1) is 5.41 Å². The molecule has 0 spiro atoms. The molecule has 0 unspecified atom stereocenters. The molecule has 8 heteroatoms. The van der Waals surface area contributed by atoms with Crippen LogP contribution in [-0.2, 0) is 27.9 Å². The Hall–Kier alpha value is -2.03. The topological polar surface area (TPSA) is 100 Å². The van der Waals surface area contributed by atoms with Crippen molar-refractivity contribution in [2.24, 2.45) is 10.6 Å². The van der Waals surface area contributed by atoms with Crippen molar-refractivity contribution in [3.8, 4) is 0 Å². The molecule has 0 bridgehead atoms. The third kappa shape index (κ3) is 4.03. The highest BCUT2D eigenvalue weighted by molar-refractivity contribution is 7.89. The highest BCUT2D eigenvalue weighted by Gasteiger charge is 2.27. The van der Waals surface area contributed by atoms with Crippen LogP contribution < -0.4 is 5.14 Å². The third-order valence-electron chi connectivity index (χ3n) is 4.17. The van der Waals surface area contributed by atoms with E-state index in [-0.39, 0.29) is 5.75 Å². The molecule has 2 N–H and O–H groups in total. The molecular formula is C18H24N4O3S. The van der Waals surface area contributed by atoms with Gasteiger partial charge in [-0.25, -0.2) is 18.5 Å². The van der Waals surface area contributed by atoms with Crippen LogP contribution in [0.25, 0.3) is 21.9 Å². The van der Waals surface area contributed by atoms with Crippen molar-refractivity contribution in [2.75, 3.05) is 12.4 Å². The molecule has 0 saturated heterocycles. The molecule has 140 valence electrons. The third-order valence-corrected chi connectivity index (χ3v) is 5.36. The zero-order chi connectivity index (χ0) is 18.9. The zero-order valence-electron chi connectivity index (χ0n) is 15.3. The van der Waals surface area contributed by atoms with Gasteiger partial charge in [-0.3, -0.25) is 4.98 Å². The van der Waals surface area contributed by atoms with Crippen molar-refractivity contribution >= 4 is 32.0 Å². The van der Waals surface area contributed by atoms with Gasteiger partial charge in [0.15, 0.2) is 0 Å². The molecule has 0 atom stereocenters. The average Bonchev–Trinajstić information content (AvgIpc) is 2.88. The van der Waals surface area contributed by atoms with Gasteiger partial charge in [0.05, 0.1) is 23.0 Å². The molecule has 0 fully saturated rings. The van der Waals surface area contributed by atoms with E-state index in [1.165, 1.54) is 0 Å². The minimum atomic E-state index is -3.59. The van der Waals surface area contributed by atoms with E-state index in [0.29, 0.717) is 19.8 Å². The number of pyridine rings is 1. The summed E-state index contributed by atoms with van der Waals surface area (Å²) in [5, 5.41) is 6.26. The Morgan fingerprint density at radius 3 is 2.65 bits per heavy atom. The Morgan fingerprint density at radius 1 is 1.23 bits per heavy atom. The van der Waals surface area contributed by atoms with E-state index in [1.807, 2.05) is 49.6 Å². The smallest absolute Gasteiger partial charge is 0.209 e. The molecular weight excluding hydrogens is 352 g/mol. The van der Waals surface area contributed by atoms with E-state index in [9.17, 15) is 8.42 Å². The van der Waals surface area contributed by atoms with Gasteiger partial charge in [-0.15, -0.1) is 0 Å². The van der Waals surface area contributed by atoms with Gasteiger partial charge in [-0.2, -0.15) is 0 Å². The number of hydrogen-bond donors (Lipinski definition) is 1. The molecule has 0 amide bonds. The summed E-state index contributed by atoms with van der Waals surface area (Å²) < 4.78 is 30.9. The van der Waals surface area contributed by atoms with Gasteiger partial charge >= 0.3 is 0 Å². The van der Waals surface area contributed by atoms with Gasteiger partial charge in [-0.1, -0.05) is 32.0 Å².